The van der Waals surface area contributed by atoms with Gasteiger partial charge in [0.1, 0.15) is 5.69 Å². The fraction of sp³-hybridized carbons (Fsp3) is 0.0667. The Hall–Kier alpha value is -2.67. The summed E-state index contributed by atoms with van der Waals surface area (Å²) in [6.07, 6.45) is 3.58. The molecule has 22 heavy (non-hydrogen) atoms. The molecular weight excluding hydrogens is 300 g/mol. The van der Waals surface area contributed by atoms with E-state index in [2.05, 4.69) is 15.3 Å². The molecule has 0 saturated heterocycles. The van der Waals surface area contributed by atoms with E-state index in [1.807, 2.05) is 30.5 Å². The van der Waals surface area contributed by atoms with Crippen LogP contribution in [0.2, 0.25) is 0 Å². The minimum Gasteiger partial charge on any atom is -0.476 e. The summed E-state index contributed by atoms with van der Waals surface area (Å²) in [5.41, 5.74) is 1.51. The summed E-state index contributed by atoms with van der Waals surface area (Å²) in [7, 11) is 0. The molecule has 0 saturated carbocycles. The molecule has 0 atom stereocenters. The van der Waals surface area contributed by atoms with Crippen molar-refractivity contribution < 1.29 is 9.90 Å². The molecule has 110 valence electrons. The number of thioether (sulfide) groups is 1. The fourth-order valence-electron chi connectivity index (χ4n) is 2.08. The van der Waals surface area contributed by atoms with Gasteiger partial charge in [0, 0.05) is 11.1 Å². The number of hydrogen-bond acceptors (Lipinski definition) is 5. The van der Waals surface area contributed by atoms with Crippen LogP contribution in [-0.4, -0.2) is 37.3 Å². The van der Waals surface area contributed by atoms with Crippen molar-refractivity contribution >= 4 is 17.7 Å². The number of carbonyl (C=O) groups is 1. The second kappa shape index (κ2) is 5.98. The number of rotatable bonds is 4. The Morgan fingerprint density at radius 3 is 2.77 bits per heavy atom. The molecule has 2 aromatic heterocycles. The number of pyridine rings is 1. The smallest absolute Gasteiger partial charge is 0.358 e. The molecule has 0 unspecified atom stereocenters. The molecule has 3 aromatic rings. The third-order valence-electron chi connectivity index (χ3n) is 3.08. The monoisotopic (exact) mass is 312 g/mol. The molecule has 1 aromatic carbocycles. The van der Waals surface area contributed by atoms with E-state index in [0.29, 0.717) is 11.4 Å². The van der Waals surface area contributed by atoms with E-state index in [1.54, 1.807) is 36.2 Å². The Morgan fingerprint density at radius 1 is 1.23 bits per heavy atom. The molecule has 0 bridgehead atoms. The summed E-state index contributed by atoms with van der Waals surface area (Å²) < 4.78 is 1.51. The van der Waals surface area contributed by atoms with Gasteiger partial charge in [0.05, 0.1) is 11.4 Å². The Balaban J connectivity index is 2.22. The van der Waals surface area contributed by atoms with Gasteiger partial charge in [0.15, 0.2) is 5.69 Å². The van der Waals surface area contributed by atoms with Crippen molar-refractivity contribution in [1.82, 2.24) is 20.0 Å². The highest BCUT2D eigenvalue weighted by Gasteiger charge is 2.22. The largest absolute Gasteiger partial charge is 0.476 e. The fourth-order valence-corrected chi connectivity index (χ4v) is 2.53. The van der Waals surface area contributed by atoms with Gasteiger partial charge in [-0.25, -0.2) is 9.48 Å². The summed E-state index contributed by atoms with van der Waals surface area (Å²) in [6, 6.07) is 13.0. The van der Waals surface area contributed by atoms with Crippen molar-refractivity contribution in [1.29, 1.82) is 0 Å². The van der Waals surface area contributed by atoms with Gasteiger partial charge in [-0.3, -0.25) is 4.98 Å². The van der Waals surface area contributed by atoms with Crippen LogP contribution in [0.1, 0.15) is 10.5 Å². The van der Waals surface area contributed by atoms with E-state index in [1.165, 1.54) is 4.68 Å². The van der Waals surface area contributed by atoms with Crippen molar-refractivity contribution in [3.05, 3.63) is 54.4 Å². The van der Waals surface area contributed by atoms with E-state index >= 15 is 0 Å². The van der Waals surface area contributed by atoms with Crippen LogP contribution in [0.3, 0.4) is 0 Å². The number of benzene rings is 1. The Labute approximate surface area is 130 Å². The predicted molar refractivity (Wildman–Crippen MR) is 83.3 cm³/mol. The van der Waals surface area contributed by atoms with Crippen LogP contribution in [-0.2, 0) is 0 Å². The maximum Gasteiger partial charge on any atom is 0.358 e. The zero-order chi connectivity index (χ0) is 15.5. The molecule has 0 aliphatic rings. The van der Waals surface area contributed by atoms with Crippen LogP contribution in [0, 0.1) is 0 Å². The maximum atomic E-state index is 11.4. The minimum atomic E-state index is -1.13. The lowest BCUT2D eigenvalue weighted by Gasteiger charge is -2.07. The lowest BCUT2D eigenvalue weighted by molar-refractivity contribution is 0.0691. The lowest BCUT2D eigenvalue weighted by Crippen LogP contribution is -2.04. The topological polar surface area (TPSA) is 80.9 Å². The molecular formula is C15H12N4O2S. The minimum absolute atomic E-state index is 0.117. The van der Waals surface area contributed by atoms with E-state index < -0.39 is 5.97 Å². The van der Waals surface area contributed by atoms with Crippen molar-refractivity contribution in [2.45, 2.75) is 4.90 Å². The Morgan fingerprint density at radius 2 is 2.09 bits per heavy atom. The van der Waals surface area contributed by atoms with Crippen LogP contribution in [0.5, 0.6) is 0 Å². The molecule has 2 heterocycles. The van der Waals surface area contributed by atoms with Gasteiger partial charge in [0.2, 0.25) is 0 Å². The van der Waals surface area contributed by atoms with Gasteiger partial charge in [-0.05, 0) is 36.6 Å². The van der Waals surface area contributed by atoms with Gasteiger partial charge in [0.25, 0.3) is 0 Å². The molecule has 0 spiro atoms. The second-order valence-corrected chi connectivity index (χ2v) is 5.30. The molecule has 0 radical (unpaired) electrons. The van der Waals surface area contributed by atoms with Gasteiger partial charge < -0.3 is 5.11 Å². The molecule has 0 fully saturated rings. The van der Waals surface area contributed by atoms with Crippen LogP contribution >= 0.6 is 11.8 Å². The van der Waals surface area contributed by atoms with Crippen molar-refractivity contribution in [2.24, 2.45) is 0 Å². The number of carboxylic acid groups (broad SMARTS) is 1. The second-order valence-electron chi connectivity index (χ2n) is 4.42. The molecule has 1 N–H and O–H groups in total. The SMILES string of the molecule is CSc1cccc(-n2nnc(C(=O)O)c2-c2ccccn2)c1. The third-order valence-corrected chi connectivity index (χ3v) is 3.80. The average molecular weight is 312 g/mol. The average Bonchev–Trinajstić information content (AvgIpc) is 3.01. The highest BCUT2D eigenvalue weighted by molar-refractivity contribution is 7.98. The van der Waals surface area contributed by atoms with Crippen molar-refractivity contribution in [2.75, 3.05) is 6.26 Å². The van der Waals surface area contributed by atoms with Gasteiger partial charge in [-0.15, -0.1) is 16.9 Å². The summed E-state index contributed by atoms with van der Waals surface area (Å²) in [5, 5.41) is 17.1. The Bertz CT molecular complexity index is 817. The lowest BCUT2D eigenvalue weighted by atomic mass is 10.2. The maximum absolute atomic E-state index is 11.4. The van der Waals surface area contributed by atoms with Crippen molar-refractivity contribution in [3.8, 4) is 17.1 Å². The van der Waals surface area contributed by atoms with E-state index in [4.69, 9.17) is 0 Å². The first-order chi connectivity index (χ1) is 10.7. The first kappa shape index (κ1) is 14.3. The van der Waals surface area contributed by atoms with Crippen LogP contribution in [0.15, 0.2) is 53.6 Å². The first-order valence-electron chi connectivity index (χ1n) is 6.45. The molecule has 7 heteroatoms. The number of aromatic nitrogens is 4. The molecule has 0 aliphatic heterocycles. The highest BCUT2D eigenvalue weighted by Crippen LogP contribution is 2.25. The highest BCUT2D eigenvalue weighted by atomic mass is 32.2. The van der Waals surface area contributed by atoms with Crippen LogP contribution < -0.4 is 0 Å². The number of carboxylic acids is 1. The normalized spacial score (nSPS) is 10.6. The van der Waals surface area contributed by atoms with Gasteiger partial charge in [-0.2, -0.15) is 0 Å². The third kappa shape index (κ3) is 2.58. The van der Waals surface area contributed by atoms with Crippen LogP contribution in [0.25, 0.3) is 17.1 Å². The summed E-state index contributed by atoms with van der Waals surface area (Å²) >= 11 is 1.60. The van der Waals surface area contributed by atoms with Crippen molar-refractivity contribution in [3.63, 3.8) is 0 Å². The standard InChI is InChI=1S/C15H12N4O2S/c1-22-11-6-4-5-10(9-11)19-14(12-7-2-3-8-16-12)13(15(20)21)17-18-19/h2-9H,1H3,(H,20,21). The first-order valence-corrected chi connectivity index (χ1v) is 7.68. The quantitative estimate of drug-likeness (QED) is 0.746. The number of aromatic carboxylic acids is 1. The summed E-state index contributed by atoms with van der Waals surface area (Å²) in [5.74, 6) is -1.13. The summed E-state index contributed by atoms with van der Waals surface area (Å²) in [4.78, 5) is 16.7. The van der Waals surface area contributed by atoms with Gasteiger partial charge >= 0.3 is 5.97 Å². The van der Waals surface area contributed by atoms with E-state index in [-0.39, 0.29) is 5.69 Å². The number of hydrogen-bond donors (Lipinski definition) is 1. The molecule has 3 rings (SSSR count). The molecule has 0 aliphatic carbocycles. The van der Waals surface area contributed by atoms with E-state index in [0.717, 1.165) is 10.6 Å². The molecule has 6 nitrogen and oxygen atoms in total. The Kier molecular flexibility index (Phi) is 3.88. The number of nitrogens with zero attached hydrogens (tertiary/aromatic N) is 4. The van der Waals surface area contributed by atoms with Gasteiger partial charge in [-0.1, -0.05) is 17.3 Å². The summed E-state index contributed by atoms with van der Waals surface area (Å²) in [6.45, 7) is 0. The van der Waals surface area contributed by atoms with E-state index in [9.17, 15) is 9.90 Å². The zero-order valence-electron chi connectivity index (χ0n) is 11.7. The predicted octanol–water partition coefficient (Wildman–Crippen LogP) is 2.75. The molecule has 0 amide bonds. The van der Waals surface area contributed by atoms with Crippen LogP contribution in [0.4, 0.5) is 0 Å². The zero-order valence-corrected chi connectivity index (χ0v) is 12.5.